The van der Waals surface area contributed by atoms with Gasteiger partial charge in [-0.1, -0.05) is 68.3 Å². The van der Waals surface area contributed by atoms with E-state index >= 15 is 0 Å². The number of sulfonamides is 1. The summed E-state index contributed by atoms with van der Waals surface area (Å²) in [6.07, 6.45) is 0.370. The lowest BCUT2D eigenvalue weighted by atomic mass is 10.1. The van der Waals surface area contributed by atoms with Gasteiger partial charge in [-0.05, 0) is 68.1 Å². The largest absolute Gasteiger partial charge is 0.497 e. The summed E-state index contributed by atoms with van der Waals surface area (Å²) in [5.41, 5.74) is 3.14. The maximum atomic E-state index is 14.1. The van der Waals surface area contributed by atoms with Crippen LogP contribution in [0.1, 0.15) is 43.9 Å². The molecule has 220 valence electrons. The van der Waals surface area contributed by atoms with E-state index in [4.69, 9.17) is 4.74 Å². The van der Waals surface area contributed by atoms with Gasteiger partial charge in [0.05, 0.1) is 17.7 Å². The van der Waals surface area contributed by atoms with Crippen molar-refractivity contribution in [2.24, 2.45) is 5.92 Å². The minimum Gasteiger partial charge on any atom is -0.497 e. The molecule has 2 amide bonds. The lowest BCUT2D eigenvalue weighted by Crippen LogP contribution is -2.52. The topological polar surface area (TPSA) is 96.0 Å². The van der Waals surface area contributed by atoms with Crippen molar-refractivity contribution >= 4 is 27.5 Å². The van der Waals surface area contributed by atoms with Gasteiger partial charge in [0.25, 0.3) is 10.0 Å². The van der Waals surface area contributed by atoms with Crippen LogP contribution in [0.5, 0.6) is 5.75 Å². The van der Waals surface area contributed by atoms with Gasteiger partial charge in [0.1, 0.15) is 18.3 Å². The number of ether oxygens (including phenoxy) is 1. The number of benzene rings is 3. The average molecular weight is 580 g/mol. The Morgan fingerprint density at radius 1 is 0.878 bits per heavy atom. The van der Waals surface area contributed by atoms with Crippen molar-refractivity contribution in [1.29, 1.82) is 0 Å². The number of nitrogens with one attached hydrogen (secondary N) is 1. The van der Waals surface area contributed by atoms with E-state index in [1.807, 2.05) is 58.9 Å². The molecule has 3 aromatic rings. The Kier molecular flexibility index (Phi) is 10.9. The van der Waals surface area contributed by atoms with Gasteiger partial charge < -0.3 is 15.0 Å². The molecule has 0 saturated heterocycles. The predicted molar refractivity (Wildman–Crippen MR) is 162 cm³/mol. The van der Waals surface area contributed by atoms with Crippen LogP contribution in [0.25, 0.3) is 0 Å². The standard InChI is InChI=1S/C32H41N3O5S/c1-7-30(32(37)33-20-23(2)3)34(21-26-12-8-24(4)9-13-26)31(36)22-35(27-14-16-28(40-6)17-15-27)41(38,39)29-18-10-25(5)11-19-29/h8-19,23,30H,7,20-22H2,1-6H3,(H,33,37)/t30-/m0/s1. The minimum absolute atomic E-state index is 0.0681. The van der Waals surface area contributed by atoms with E-state index in [0.717, 1.165) is 21.0 Å². The molecule has 41 heavy (non-hydrogen) atoms. The summed E-state index contributed by atoms with van der Waals surface area (Å²) >= 11 is 0. The predicted octanol–water partition coefficient (Wildman–Crippen LogP) is 5.09. The fourth-order valence-corrected chi connectivity index (χ4v) is 5.76. The number of nitrogens with zero attached hydrogens (tertiary/aromatic N) is 2. The third-order valence-corrected chi connectivity index (χ3v) is 8.58. The third-order valence-electron chi connectivity index (χ3n) is 6.79. The van der Waals surface area contributed by atoms with E-state index in [1.54, 1.807) is 36.4 Å². The second kappa shape index (κ2) is 14.2. The fraction of sp³-hybridized carbons (Fsp3) is 0.375. The maximum Gasteiger partial charge on any atom is 0.264 e. The zero-order valence-corrected chi connectivity index (χ0v) is 25.6. The molecular formula is C32H41N3O5S. The second-order valence-electron chi connectivity index (χ2n) is 10.6. The lowest BCUT2D eigenvalue weighted by Gasteiger charge is -2.33. The highest BCUT2D eigenvalue weighted by molar-refractivity contribution is 7.92. The van der Waals surface area contributed by atoms with Gasteiger partial charge in [0.15, 0.2) is 0 Å². The molecule has 0 heterocycles. The number of methoxy groups -OCH3 is 1. The minimum atomic E-state index is -4.13. The number of hydrogen-bond donors (Lipinski definition) is 1. The molecule has 3 aromatic carbocycles. The molecule has 0 bridgehead atoms. The smallest absolute Gasteiger partial charge is 0.264 e. The molecule has 9 heteroatoms. The van der Waals surface area contributed by atoms with Crippen molar-refractivity contribution in [3.8, 4) is 5.75 Å². The van der Waals surface area contributed by atoms with Gasteiger partial charge in [-0.15, -0.1) is 0 Å². The van der Waals surface area contributed by atoms with E-state index in [9.17, 15) is 18.0 Å². The molecule has 0 spiro atoms. The molecule has 0 aliphatic carbocycles. The van der Waals surface area contributed by atoms with Gasteiger partial charge in [0, 0.05) is 13.1 Å². The van der Waals surface area contributed by atoms with Crippen LogP contribution < -0.4 is 14.4 Å². The molecule has 0 aliphatic heterocycles. The van der Waals surface area contributed by atoms with Crippen LogP contribution in [0.15, 0.2) is 77.7 Å². The second-order valence-corrected chi connectivity index (χ2v) is 12.5. The normalized spacial score (nSPS) is 12.1. The molecule has 0 saturated carbocycles. The highest BCUT2D eigenvalue weighted by atomic mass is 32.2. The molecular weight excluding hydrogens is 538 g/mol. The molecule has 1 atom stereocenters. The monoisotopic (exact) mass is 579 g/mol. The maximum absolute atomic E-state index is 14.1. The van der Waals surface area contributed by atoms with Gasteiger partial charge in [0.2, 0.25) is 11.8 Å². The molecule has 1 N–H and O–H groups in total. The van der Waals surface area contributed by atoms with E-state index in [1.165, 1.54) is 24.1 Å². The Morgan fingerprint density at radius 3 is 1.95 bits per heavy atom. The lowest BCUT2D eigenvalue weighted by molar-refractivity contribution is -0.140. The zero-order valence-electron chi connectivity index (χ0n) is 24.8. The quantitative estimate of drug-likeness (QED) is 0.305. The van der Waals surface area contributed by atoms with Crippen molar-refractivity contribution in [3.63, 3.8) is 0 Å². The van der Waals surface area contributed by atoms with Gasteiger partial charge in [-0.25, -0.2) is 8.42 Å². The van der Waals surface area contributed by atoms with Crippen molar-refractivity contribution in [2.75, 3.05) is 24.5 Å². The summed E-state index contributed by atoms with van der Waals surface area (Å²) in [6, 6.07) is 20.0. The molecule has 0 aliphatic rings. The van der Waals surface area contributed by atoms with Crippen molar-refractivity contribution in [2.45, 2.75) is 58.5 Å². The Bertz CT molecular complexity index is 1400. The number of amides is 2. The Morgan fingerprint density at radius 2 is 1.44 bits per heavy atom. The molecule has 0 unspecified atom stereocenters. The number of anilines is 1. The van der Waals surface area contributed by atoms with Crippen LogP contribution in [0, 0.1) is 19.8 Å². The summed E-state index contributed by atoms with van der Waals surface area (Å²) in [6.45, 7) is 9.85. The van der Waals surface area contributed by atoms with E-state index < -0.39 is 28.5 Å². The zero-order chi connectivity index (χ0) is 30.2. The number of carbonyl (C=O) groups excluding carboxylic acids is 2. The highest BCUT2D eigenvalue weighted by Gasteiger charge is 2.33. The number of rotatable bonds is 13. The van der Waals surface area contributed by atoms with E-state index in [0.29, 0.717) is 24.4 Å². The molecule has 0 radical (unpaired) electrons. The molecule has 0 aromatic heterocycles. The van der Waals surface area contributed by atoms with E-state index in [2.05, 4.69) is 5.32 Å². The van der Waals surface area contributed by atoms with Crippen molar-refractivity contribution in [1.82, 2.24) is 10.2 Å². The van der Waals surface area contributed by atoms with Gasteiger partial charge >= 0.3 is 0 Å². The Balaban J connectivity index is 2.04. The van der Waals surface area contributed by atoms with Gasteiger partial charge in [-0.2, -0.15) is 0 Å². The SMILES string of the molecule is CC[C@@H](C(=O)NCC(C)C)N(Cc1ccc(C)cc1)C(=O)CN(c1ccc(OC)cc1)S(=O)(=O)c1ccc(C)cc1. The first-order valence-corrected chi connectivity index (χ1v) is 15.3. The third kappa shape index (κ3) is 8.33. The van der Waals surface area contributed by atoms with Crippen LogP contribution in [-0.2, 0) is 26.2 Å². The summed E-state index contributed by atoms with van der Waals surface area (Å²) in [7, 11) is -2.60. The van der Waals surface area contributed by atoms with Crippen LogP contribution >= 0.6 is 0 Å². The summed E-state index contributed by atoms with van der Waals surface area (Å²) < 4.78 is 34.2. The highest BCUT2D eigenvalue weighted by Crippen LogP contribution is 2.27. The average Bonchev–Trinajstić information content (AvgIpc) is 2.95. The Labute approximate surface area is 244 Å². The first-order chi connectivity index (χ1) is 19.5. The summed E-state index contributed by atoms with van der Waals surface area (Å²) in [5.74, 6) is 0.0484. The first-order valence-electron chi connectivity index (χ1n) is 13.8. The summed E-state index contributed by atoms with van der Waals surface area (Å²) in [5, 5.41) is 2.94. The molecule has 3 rings (SSSR count). The molecule has 8 nitrogen and oxygen atoms in total. The van der Waals surface area contributed by atoms with Crippen molar-refractivity contribution < 1.29 is 22.7 Å². The van der Waals surface area contributed by atoms with Crippen LogP contribution in [0.2, 0.25) is 0 Å². The number of hydrogen-bond acceptors (Lipinski definition) is 5. The number of carbonyl (C=O) groups is 2. The molecule has 0 fully saturated rings. The van der Waals surface area contributed by atoms with Crippen LogP contribution in [0.4, 0.5) is 5.69 Å². The van der Waals surface area contributed by atoms with Crippen LogP contribution in [-0.4, -0.2) is 51.4 Å². The fourth-order valence-electron chi connectivity index (χ4n) is 4.35. The van der Waals surface area contributed by atoms with Gasteiger partial charge in [-0.3, -0.25) is 13.9 Å². The first kappa shape index (κ1) is 31.7. The van der Waals surface area contributed by atoms with Crippen LogP contribution in [0.3, 0.4) is 0 Å². The van der Waals surface area contributed by atoms with Crippen molar-refractivity contribution in [3.05, 3.63) is 89.5 Å². The van der Waals surface area contributed by atoms with E-state index in [-0.39, 0.29) is 23.3 Å². The number of aryl methyl sites for hydroxylation is 2. The Hall–Kier alpha value is -3.85. The summed E-state index contributed by atoms with van der Waals surface area (Å²) in [4.78, 5) is 29.0.